The minimum absolute atomic E-state index is 0.0975. The van der Waals surface area contributed by atoms with Crippen molar-refractivity contribution >= 4 is 23.2 Å². The van der Waals surface area contributed by atoms with Gasteiger partial charge in [0, 0.05) is 23.8 Å². The number of aryl methyl sites for hydroxylation is 2. The summed E-state index contributed by atoms with van der Waals surface area (Å²) < 4.78 is 0. The maximum absolute atomic E-state index is 12.0. The summed E-state index contributed by atoms with van der Waals surface area (Å²) in [6.07, 6.45) is 3.13. The smallest absolute Gasteiger partial charge is 0.272 e. The third kappa shape index (κ3) is 5.01. The van der Waals surface area contributed by atoms with Gasteiger partial charge in [-0.05, 0) is 56.2 Å². The normalized spacial score (nSPS) is 11.0. The van der Waals surface area contributed by atoms with Gasteiger partial charge >= 0.3 is 0 Å². The Kier molecular flexibility index (Phi) is 5.78. The van der Waals surface area contributed by atoms with Gasteiger partial charge in [-0.25, -0.2) is 5.43 Å². The van der Waals surface area contributed by atoms with E-state index in [4.69, 9.17) is 0 Å². The highest BCUT2D eigenvalue weighted by Gasteiger charge is 2.07. The molecule has 2 N–H and O–H groups in total. The fraction of sp³-hybridized carbons (Fsp3) is 0.222. The molecule has 0 aliphatic heterocycles. The number of carbonyl (C=O) groups is 2. The van der Waals surface area contributed by atoms with Crippen LogP contribution >= 0.6 is 0 Å². The van der Waals surface area contributed by atoms with Crippen LogP contribution in [-0.2, 0) is 4.79 Å². The van der Waals surface area contributed by atoms with Gasteiger partial charge in [0.2, 0.25) is 5.91 Å². The van der Waals surface area contributed by atoms with E-state index in [1.165, 1.54) is 11.8 Å². The van der Waals surface area contributed by atoms with E-state index in [0.717, 1.165) is 11.3 Å². The first-order valence-electron chi connectivity index (χ1n) is 7.56. The average Bonchev–Trinajstić information content (AvgIpc) is 2.56. The minimum atomic E-state index is -0.364. The Balaban J connectivity index is 1.88. The topological polar surface area (TPSA) is 83.5 Å². The van der Waals surface area contributed by atoms with E-state index in [0.29, 0.717) is 11.3 Å². The summed E-state index contributed by atoms with van der Waals surface area (Å²) in [4.78, 5) is 27.7. The first-order chi connectivity index (χ1) is 11.5. The van der Waals surface area contributed by atoms with Gasteiger partial charge in [-0.15, -0.1) is 0 Å². The number of nitrogens with one attached hydrogen (secondary N) is 2. The molecule has 0 atom stereocenters. The van der Waals surface area contributed by atoms with E-state index < -0.39 is 0 Å². The maximum Gasteiger partial charge on any atom is 0.272 e. The Labute approximate surface area is 141 Å². The quantitative estimate of drug-likeness (QED) is 0.655. The summed E-state index contributed by atoms with van der Waals surface area (Å²) in [7, 11) is 0. The Morgan fingerprint density at radius 3 is 2.62 bits per heavy atom. The molecule has 0 unspecified atom stereocenters. The Bertz CT molecular complexity index is 770. The lowest BCUT2D eigenvalue weighted by Gasteiger charge is -2.08. The molecule has 124 valence electrons. The SMILES string of the molecule is CC(CC(=O)Nc1ccc(C)c(C)c1)=NNC(=O)c1cccnc1. The van der Waals surface area contributed by atoms with Crippen LogP contribution < -0.4 is 10.7 Å². The number of aromatic nitrogens is 1. The minimum Gasteiger partial charge on any atom is -0.326 e. The molecule has 1 aromatic heterocycles. The number of hydrogen-bond donors (Lipinski definition) is 2. The van der Waals surface area contributed by atoms with Gasteiger partial charge in [0.15, 0.2) is 0 Å². The largest absolute Gasteiger partial charge is 0.326 e. The predicted molar refractivity (Wildman–Crippen MR) is 94.0 cm³/mol. The number of carbonyl (C=O) groups excluding carboxylic acids is 2. The van der Waals surface area contributed by atoms with Crippen LogP contribution in [0.2, 0.25) is 0 Å². The summed E-state index contributed by atoms with van der Waals surface area (Å²) in [6, 6.07) is 9.04. The van der Waals surface area contributed by atoms with E-state index >= 15 is 0 Å². The molecule has 24 heavy (non-hydrogen) atoms. The standard InChI is InChI=1S/C18H20N4O2/c1-12-6-7-16(9-13(12)2)20-17(23)10-14(3)21-22-18(24)15-5-4-8-19-11-15/h4-9,11H,10H2,1-3H3,(H,20,23)(H,22,24). The second-order valence-corrected chi connectivity index (χ2v) is 5.55. The molecule has 0 saturated carbocycles. The number of rotatable bonds is 5. The molecule has 1 heterocycles. The van der Waals surface area contributed by atoms with Gasteiger partial charge in [-0.2, -0.15) is 5.10 Å². The monoisotopic (exact) mass is 324 g/mol. The van der Waals surface area contributed by atoms with Crippen LogP contribution in [0.15, 0.2) is 47.8 Å². The van der Waals surface area contributed by atoms with Crippen molar-refractivity contribution in [2.75, 3.05) is 5.32 Å². The third-order valence-corrected chi connectivity index (χ3v) is 3.48. The number of hydrogen-bond acceptors (Lipinski definition) is 4. The number of anilines is 1. The fourth-order valence-electron chi connectivity index (χ4n) is 2.00. The molecule has 0 aliphatic carbocycles. The molecule has 0 aliphatic rings. The van der Waals surface area contributed by atoms with E-state index in [1.54, 1.807) is 25.3 Å². The van der Waals surface area contributed by atoms with Crippen LogP contribution in [0.1, 0.15) is 34.8 Å². The van der Waals surface area contributed by atoms with Gasteiger partial charge in [0.05, 0.1) is 12.0 Å². The van der Waals surface area contributed by atoms with Crippen LogP contribution in [0.4, 0.5) is 5.69 Å². The molecule has 0 radical (unpaired) electrons. The third-order valence-electron chi connectivity index (χ3n) is 3.48. The molecule has 2 rings (SSSR count). The number of benzene rings is 1. The van der Waals surface area contributed by atoms with Crippen molar-refractivity contribution in [1.29, 1.82) is 0 Å². The zero-order valence-corrected chi connectivity index (χ0v) is 14.0. The van der Waals surface area contributed by atoms with Crippen LogP contribution in [-0.4, -0.2) is 22.5 Å². The van der Waals surface area contributed by atoms with Gasteiger partial charge in [-0.3, -0.25) is 14.6 Å². The molecule has 6 nitrogen and oxygen atoms in total. The van der Waals surface area contributed by atoms with E-state index in [1.807, 2.05) is 32.0 Å². The van der Waals surface area contributed by atoms with Gasteiger partial charge in [0.1, 0.15) is 0 Å². The first kappa shape index (κ1) is 17.3. The second kappa shape index (κ2) is 8.01. The van der Waals surface area contributed by atoms with E-state index in [2.05, 4.69) is 20.8 Å². The Hall–Kier alpha value is -3.02. The first-order valence-corrected chi connectivity index (χ1v) is 7.56. The molecule has 2 aromatic rings. The number of hydrazone groups is 1. The number of pyridine rings is 1. The van der Waals surface area contributed by atoms with Crippen LogP contribution in [0, 0.1) is 13.8 Å². The molecule has 0 saturated heterocycles. The fourth-order valence-corrected chi connectivity index (χ4v) is 2.00. The van der Waals surface area contributed by atoms with Gasteiger partial charge in [-0.1, -0.05) is 6.07 Å². The van der Waals surface area contributed by atoms with E-state index in [-0.39, 0.29) is 18.2 Å². The predicted octanol–water partition coefficient (Wildman–Crippen LogP) is 2.83. The molecule has 0 bridgehead atoms. The van der Waals surface area contributed by atoms with Crippen molar-refractivity contribution in [3.8, 4) is 0 Å². The molecular formula is C18H20N4O2. The van der Waals surface area contributed by atoms with Crippen LogP contribution in [0.3, 0.4) is 0 Å². The van der Waals surface area contributed by atoms with Crippen LogP contribution in [0.5, 0.6) is 0 Å². The lowest BCUT2D eigenvalue weighted by molar-refractivity contribution is -0.115. The highest BCUT2D eigenvalue weighted by atomic mass is 16.2. The lowest BCUT2D eigenvalue weighted by atomic mass is 10.1. The van der Waals surface area contributed by atoms with Crippen molar-refractivity contribution in [1.82, 2.24) is 10.4 Å². The molecule has 6 heteroatoms. The highest BCUT2D eigenvalue weighted by molar-refractivity contribution is 6.06. The zero-order chi connectivity index (χ0) is 17.5. The Morgan fingerprint density at radius 1 is 1.17 bits per heavy atom. The van der Waals surface area contributed by atoms with Crippen molar-refractivity contribution in [3.63, 3.8) is 0 Å². The van der Waals surface area contributed by atoms with Crippen molar-refractivity contribution < 1.29 is 9.59 Å². The summed E-state index contributed by atoms with van der Waals surface area (Å²) >= 11 is 0. The lowest BCUT2D eigenvalue weighted by Crippen LogP contribution is -2.21. The number of nitrogens with zero attached hydrogens (tertiary/aromatic N) is 2. The molecule has 1 aromatic carbocycles. The Morgan fingerprint density at radius 2 is 1.96 bits per heavy atom. The molecule has 0 fully saturated rings. The summed E-state index contributed by atoms with van der Waals surface area (Å²) in [5.74, 6) is -0.549. The zero-order valence-electron chi connectivity index (χ0n) is 14.0. The summed E-state index contributed by atoms with van der Waals surface area (Å²) in [5.41, 5.74) is 6.36. The molecular weight excluding hydrogens is 304 g/mol. The van der Waals surface area contributed by atoms with E-state index in [9.17, 15) is 9.59 Å². The summed E-state index contributed by atoms with van der Waals surface area (Å²) in [6.45, 7) is 5.69. The molecule has 0 spiro atoms. The second-order valence-electron chi connectivity index (χ2n) is 5.55. The highest BCUT2D eigenvalue weighted by Crippen LogP contribution is 2.14. The average molecular weight is 324 g/mol. The maximum atomic E-state index is 12.0. The van der Waals surface area contributed by atoms with Gasteiger partial charge in [0.25, 0.3) is 5.91 Å². The van der Waals surface area contributed by atoms with Crippen molar-refractivity contribution in [2.24, 2.45) is 5.10 Å². The van der Waals surface area contributed by atoms with Crippen molar-refractivity contribution in [3.05, 3.63) is 59.4 Å². The number of amides is 2. The van der Waals surface area contributed by atoms with Gasteiger partial charge < -0.3 is 5.32 Å². The van der Waals surface area contributed by atoms with Crippen molar-refractivity contribution in [2.45, 2.75) is 27.2 Å². The summed E-state index contributed by atoms with van der Waals surface area (Å²) in [5, 5.41) is 6.76. The molecule has 2 amide bonds. The van der Waals surface area contributed by atoms with Crippen LogP contribution in [0.25, 0.3) is 0 Å².